The van der Waals surface area contributed by atoms with Crippen LogP contribution in [0.25, 0.3) is 0 Å². The molecule has 1 heterocycles. The van der Waals surface area contributed by atoms with Crippen LogP contribution in [0.1, 0.15) is 26.2 Å². The Bertz CT molecular complexity index is 1610. The standard InChI is InChI=1S/C8H15O11P3S.C2H9O11P3.C2H9O10P3S.H3N.H2O/c1-2-7(9)3-4-8(10)15-5-6-16-22(23)18-20(11,12)17-21(13,14)19-22;3-1-2-11-15(7,8)13-16(9,10)12-14(4,5)6;3-1-2-10-15(9,16)12-14(7,8)11-13(4,5)6;;/h2-6H2,1H3,(H,11,12)(H,13,14);3H,1-2H2,(H,7,8)(H,9,10)(H2,4,5,6);3H,1-2H2,(H,7,8)(H,9,16)(H2,4,5,6);1H3;1H2/p-6. The van der Waals surface area contributed by atoms with Crippen molar-refractivity contribution in [2.75, 3.05) is 39.6 Å². The van der Waals surface area contributed by atoms with Crippen molar-refractivity contribution in [3.63, 3.8) is 0 Å². The average Bonchev–Trinajstić information content (AvgIpc) is 2.91. The molecule has 1 saturated heterocycles. The van der Waals surface area contributed by atoms with Crippen LogP contribution in [0.4, 0.5) is 0 Å². The fourth-order valence-electron chi connectivity index (χ4n) is 2.15. The summed E-state index contributed by atoms with van der Waals surface area (Å²) >= 11 is 8.63. The quantitative estimate of drug-likeness (QED) is 0.0309. The van der Waals surface area contributed by atoms with Crippen molar-refractivity contribution in [2.45, 2.75) is 26.2 Å². The molecule has 34 nitrogen and oxygen atoms in total. The number of hydrogen-bond donors (Lipinski definition) is 7. The number of esters is 1. The first kappa shape index (κ1) is 64.7. The predicted molar refractivity (Wildman–Crippen MR) is 174 cm³/mol. The third-order valence-corrected chi connectivity index (χ3v) is 19.0. The van der Waals surface area contributed by atoms with Gasteiger partial charge in [-0.1, -0.05) is 18.7 Å². The zero-order valence-electron chi connectivity index (χ0n) is 27.7. The second kappa shape index (κ2) is 27.3. The van der Waals surface area contributed by atoms with Gasteiger partial charge in [0.2, 0.25) is 0 Å². The minimum absolute atomic E-state index is 0. The lowest BCUT2D eigenvalue weighted by Crippen LogP contribution is -2.16. The van der Waals surface area contributed by atoms with Crippen molar-refractivity contribution in [2.24, 2.45) is 0 Å². The van der Waals surface area contributed by atoms with Gasteiger partial charge >= 0.3 is 28.3 Å². The van der Waals surface area contributed by atoms with Gasteiger partial charge < -0.3 is 89.1 Å². The molecule has 11 N–H and O–H groups in total. The second-order valence-electron chi connectivity index (χ2n) is 8.24. The minimum atomic E-state index is -5.77. The van der Waals surface area contributed by atoms with E-state index in [1.54, 1.807) is 6.92 Å². The second-order valence-corrected chi connectivity index (χ2v) is 24.5. The molecular weight excluding hydrogens is 1030 g/mol. The van der Waals surface area contributed by atoms with E-state index in [-0.39, 0.29) is 36.9 Å². The Morgan fingerprint density at radius 3 is 1.67 bits per heavy atom. The van der Waals surface area contributed by atoms with Crippen molar-refractivity contribution < 1.29 is 155 Å². The first-order chi connectivity index (χ1) is 24.4. The molecule has 0 aliphatic carbocycles. The highest BCUT2D eigenvalue weighted by Gasteiger charge is 2.46. The van der Waals surface area contributed by atoms with E-state index >= 15 is 0 Å². The van der Waals surface area contributed by atoms with Gasteiger partial charge in [-0.25, -0.2) is 35.0 Å². The highest BCUT2D eigenvalue weighted by molar-refractivity contribution is 8.11. The Morgan fingerprint density at radius 2 is 1.23 bits per heavy atom. The van der Waals surface area contributed by atoms with Gasteiger partial charge in [-0.2, -0.15) is 0 Å². The summed E-state index contributed by atoms with van der Waals surface area (Å²) in [6, 6.07) is 0. The number of aliphatic hydroxyl groups excluding tert-OH is 2. The fourth-order valence-corrected chi connectivity index (χ4v) is 15.4. The lowest BCUT2D eigenvalue weighted by molar-refractivity contribution is -0.246. The van der Waals surface area contributed by atoms with E-state index in [2.05, 4.69) is 62.8 Å². The number of carbonyl (C=O) groups is 2. The van der Waals surface area contributed by atoms with Crippen LogP contribution in [0.3, 0.4) is 0 Å². The van der Waals surface area contributed by atoms with Crippen molar-refractivity contribution in [1.82, 2.24) is 6.15 Å². The van der Waals surface area contributed by atoms with Crippen LogP contribution in [-0.2, 0) is 114 Å². The van der Waals surface area contributed by atoms with E-state index in [0.717, 1.165) is 0 Å². The zero-order chi connectivity index (χ0) is 43.8. The Morgan fingerprint density at radius 1 is 0.737 bits per heavy atom. The highest BCUT2D eigenvalue weighted by Crippen LogP contribution is 2.78. The summed E-state index contributed by atoms with van der Waals surface area (Å²) < 4.78 is 117. The number of ether oxygens (including phenoxy) is 1. The van der Waals surface area contributed by atoms with Crippen LogP contribution in [0.5, 0.6) is 0 Å². The maximum atomic E-state index is 11.3. The molecule has 1 rings (SSSR count). The van der Waals surface area contributed by atoms with Gasteiger partial charge in [0.25, 0.3) is 39.1 Å². The average molecular weight is 1060 g/mol. The maximum Gasteiger partial charge on any atom is 0.486 e. The number of aliphatic hydroxyl groups is 2. The fraction of sp³-hybridized carbons (Fsp3) is 0.833. The van der Waals surface area contributed by atoms with Crippen LogP contribution in [-0.4, -0.2) is 86.7 Å². The summed E-state index contributed by atoms with van der Waals surface area (Å²) in [5.41, 5.74) is 0. The van der Waals surface area contributed by atoms with Crippen molar-refractivity contribution >= 4 is 104 Å². The number of phosphoric acid groups is 7. The van der Waals surface area contributed by atoms with E-state index in [0.29, 0.717) is 6.42 Å². The molecule has 0 amide bonds. The van der Waals surface area contributed by atoms with Gasteiger partial charge in [0.15, 0.2) is 0 Å². The molecule has 346 valence electrons. The summed E-state index contributed by atoms with van der Waals surface area (Å²) in [4.78, 5) is 120. The molecule has 8 unspecified atom stereocenters. The molecule has 0 saturated carbocycles. The van der Waals surface area contributed by atoms with Gasteiger partial charge in [-0.3, -0.25) is 36.7 Å². The third kappa shape index (κ3) is 37.4. The Labute approximate surface area is 329 Å². The Kier molecular flexibility index (Phi) is 31.0. The van der Waals surface area contributed by atoms with Gasteiger partial charge in [0, 0.05) is 12.8 Å². The summed E-state index contributed by atoms with van der Waals surface area (Å²) in [6.45, 7) is -10.5. The lowest BCUT2D eigenvalue weighted by atomic mass is 10.2. The van der Waals surface area contributed by atoms with Crippen molar-refractivity contribution in [3.05, 3.63) is 0 Å². The van der Waals surface area contributed by atoms with Crippen LogP contribution in [0.2, 0.25) is 0 Å². The molecule has 8 atom stereocenters. The smallest absolute Gasteiger partial charge is 0.486 e. The highest BCUT2D eigenvalue weighted by atomic mass is 32.5. The molecule has 57 heavy (non-hydrogen) atoms. The van der Waals surface area contributed by atoms with Crippen LogP contribution in [0.15, 0.2) is 0 Å². The maximum absolute atomic E-state index is 11.3. The monoisotopic (exact) mass is 1060 g/mol. The number of ketones is 1. The molecule has 0 aromatic heterocycles. The largest absolute Gasteiger partial charge is 0.779 e. The van der Waals surface area contributed by atoms with Crippen LogP contribution >= 0.6 is 68.2 Å². The molecule has 0 aromatic rings. The lowest BCUT2D eigenvalue weighted by Gasteiger charge is -2.35. The Hall–Kier alpha value is 1.09. The molecular formula is C12H32NO33P9S2-6. The minimum Gasteiger partial charge on any atom is -0.779 e. The van der Waals surface area contributed by atoms with Gasteiger partial charge in [-0.05, 0) is 11.8 Å². The third-order valence-electron chi connectivity index (χ3n) is 3.70. The number of hydrogen-bond acceptors (Lipinski definition) is 31. The SMILES string of the molecule is CCC(=O)CCC(=O)OCCOP1(=S)OP(=O)([O-])OP(=O)(O)O1.N.O.O=P(O)(O)OP(=O)([O-])OP(=O)([O-])OCCO.O=P([O-])(O)OP(=O)([O-])OP([O-])(=S)OCCO. The first-order valence-corrected chi connectivity index (χ1v) is 28.3. The molecule has 0 aromatic carbocycles. The van der Waals surface area contributed by atoms with Gasteiger partial charge in [0.1, 0.15) is 19.1 Å². The van der Waals surface area contributed by atoms with Gasteiger partial charge in [-0.15, -0.1) is 0 Å². The normalized spacial score (nSPS) is 25.8. The summed E-state index contributed by atoms with van der Waals surface area (Å²) in [5, 5.41) is 16.4. The summed E-state index contributed by atoms with van der Waals surface area (Å²) in [6.07, 6.45) is 0.251. The predicted octanol–water partition coefficient (Wildman–Crippen LogP) is -3.90. The molecule has 1 aliphatic heterocycles. The number of carbonyl (C=O) groups excluding carboxylic acids is 2. The number of Topliss-reactive ketones (excluding diaryl/α,β-unsaturated/α-hetero) is 1. The molecule has 0 spiro atoms. The van der Waals surface area contributed by atoms with E-state index in [1.165, 1.54) is 0 Å². The van der Waals surface area contributed by atoms with Crippen molar-refractivity contribution in [3.8, 4) is 0 Å². The zero-order valence-corrected chi connectivity index (χ0v) is 37.4. The molecule has 1 aliphatic rings. The van der Waals surface area contributed by atoms with Crippen LogP contribution in [0, 0.1) is 0 Å². The topological polar surface area (TPSA) is 581 Å². The Balaban J connectivity index is -0.000000373. The van der Waals surface area contributed by atoms with Crippen LogP contribution < -0.4 is 35.5 Å². The molecule has 45 heteroatoms. The summed E-state index contributed by atoms with van der Waals surface area (Å²) in [7, 11) is -37.9. The van der Waals surface area contributed by atoms with Gasteiger partial charge in [0.05, 0.1) is 39.5 Å². The van der Waals surface area contributed by atoms with E-state index in [4.69, 9.17) is 39.0 Å². The molecule has 0 radical (unpaired) electrons. The number of rotatable bonds is 22. The molecule has 1 fully saturated rings. The summed E-state index contributed by atoms with van der Waals surface area (Å²) in [5.74, 6) is -0.758. The number of phosphoric ester groups is 1. The van der Waals surface area contributed by atoms with Crippen molar-refractivity contribution in [1.29, 1.82) is 0 Å². The van der Waals surface area contributed by atoms with E-state index in [1.807, 2.05) is 0 Å². The first-order valence-electron chi connectivity index (χ1n) is 12.8. The van der Waals surface area contributed by atoms with E-state index in [9.17, 15) is 70.9 Å². The molecule has 0 bridgehead atoms. The van der Waals surface area contributed by atoms with E-state index < -0.39 is 107 Å².